The van der Waals surface area contributed by atoms with Gasteiger partial charge in [-0.3, -0.25) is 15.1 Å². The van der Waals surface area contributed by atoms with Crippen LogP contribution in [0.25, 0.3) is 0 Å². The molecule has 11 heteroatoms. The van der Waals surface area contributed by atoms with Gasteiger partial charge in [0, 0.05) is 42.9 Å². The van der Waals surface area contributed by atoms with Crippen LogP contribution in [0, 0.1) is 10.1 Å². The SMILES string of the molecule is CN=C(NCc1ccc([N+](=O)[O-])cc1)NCc1cc(Cl)ccc1OC(F)F.I. The molecule has 0 atom stereocenters. The molecule has 0 aromatic heterocycles. The molecule has 0 radical (unpaired) electrons. The summed E-state index contributed by atoms with van der Waals surface area (Å²) < 4.78 is 29.5. The van der Waals surface area contributed by atoms with Crippen molar-refractivity contribution in [3.05, 3.63) is 68.7 Å². The predicted molar refractivity (Wildman–Crippen MR) is 114 cm³/mol. The van der Waals surface area contributed by atoms with Gasteiger partial charge in [-0.1, -0.05) is 23.7 Å². The Morgan fingerprint density at radius 2 is 1.86 bits per heavy atom. The van der Waals surface area contributed by atoms with Gasteiger partial charge < -0.3 is 15.4 Å². The van der Waals surface area contributed by atoms with Gasteiger partial charge >= 0.3 is 6.61 Å². The number of non-ortho nitro benzene ring substituents is 1. The number of nitro groups is 1. The van der Waals surface area contributed by atoms with Crippen molar-refractivity contribution in [2.45, 2.75) is 19.7 Å². The van der Waals surface area contributed by atoms with Crippen LogP contribution in [0.4, 0.5) is 14.5 Å². The number of ether oxygens (including phenoxy) is 1. The molecule has 0 aliphatic carbocycles. The number of guanidine groups is 1. The summed E-state index contributed by atoms with van der Waals surface area (Å²) in [6.45, 7) is -2.42. The van der Waals surface area contributed by atoms with E-state index in [0.29, 0.717) is 23.1 Å². The van der Waals surface area contributed by atoms with Crippen LogP contribution in [-0.4, -0.2) is 24.5 Å². The largest absolute Gasteiger partial charge is 0.434 e. The normalized spacial score (nSPS) is 11.0. The quantitative estimate of drug-likeness (QED) is 0.184. The average molecular weight is 527 g/mol. The molecule has 28 heavy (non-hydrogen) atoms. The molecule has 2 N–H and O–H groups in total. The summed E-state index contributed by atoms with van der Waals surface area (Å²) in [7, 11) is 1.56. The average Bonchev–Trinajstić information content (AvgIpc) is 2.64. The zero-order valence-electron chi connectivity index (χ0n) is 14.7. The number of nitrogens with one attached hydrogen (secondary N) is 2. The van der Waals surface area contributed by atoms with Crippen LogP contribution in [0.2, 0.25) is 5.02 Å². The summed E-state index contributed by atoms with van der Waals surface area (Å²) in [5.41, 5.74) is 1.27. The first kappa shape index (κ1) is 23.8. The third-order valence-corrected chi connectivity index (χ3v) is 3.75. The summed E-state index contributed by atoms with van der Waals surface area (Å²) in [5.74, 6) is 0.434. The van der Waals surface area contributed by atoms with Crippen molar-refractivity contribution in [2.75, 3.05) is 7.05 Å². The number of hydrogen-bond donors (Lipinski definition) is 2. The first-order valence-electron chi connectivity index (χ1n) is 7.80. The predicted octanol–water partition coefficient (Wildman–Crippen LogP) is 4.33. The van der Waals surface area contributed by atoms with E-state index in [1.54, 1.807) is 19.2 Å². The summed E-state index contributed by atoms with van der Waals surface area (Å²) in [5, 5.41) is 17.0. The molecular weight excluding hydrogens is 509 g/mol. The molecule has 0 unspecified atom stereocenters. The first-order valence-corrected chi connectivity index (χ1v) is 8.18. The van der Waals surface area contributed by atoms with Gasteiger partial charge in [-0.2, -0.15) is 8.78 Å². The summed E-state index contributed by atoms with van der Waals surface area (Å²) >= 11 is 5.91. The standard InChI is InChI=1S/C17H17ClF2N4O3.HI/c1-21-17(22-9-11-2-5-14(6-3-11)24(25)26)23-10-12-8-13(18)4-7-15(12)27-16(19)20;/h2-8,16H,9-10H2,1H3,(H2,21,22,23);1H. The van der Waals surface area contributed by atoms with Crippen molar-refractivity contribution >= 4 is 47.2 Å². The molecule has 0 saturated heterocycles. The van der Waals surface area contributed by atoms with Crippen LogP contribution in [0.15, 0.2) is 47.5 Å². The molecule has 0 amide bonds. The number of alkyl halides is 2. The van der Waals surface area contributed by atoms with Gasteiger partial charge in [0.25, 0.3) is 5.69 Å². The van der Waals surface area contributed by atoms with Crippen molar-refractivity contribution in [2.24, 2.45) is 4.99 Å². The van der Waals surface area contributed by atoms with E-state index in [1.165, 1.54) is 30.3 Å². The smallest absolute Gasteiger partial charge is 0.387 e. The molecule has 152 valence electrons. The minimum atomic E-state index is -2.94. The molecule has 0 bridgehead atoms. The molecule has 2 aromatic carbocycles. The van der Waals surface area contributed by atoms with Gasteiger partial charge in [0.2, 0.25) is 0 Å². The highest BCUT2D eigenvalue weighted by Gasteiger charge is 2.11. The Morgan fingerprint density at radius 3 is 2.43 bits per heavy atom. The van der Waals surface area contributed by atoms with Crippen LogP contribution < -0.4 is 15.4 Å². The Hall–Kier alpha value is -2.21. The minimum Gasteiger partial charge on any atom is -0.434 e. The fourth-order valence-corrected chi connectivity index (χ4v) is 2.41. The van der Waals surface area contributed by atoms with Gasteiger partial charge in [-0.15, -0.1) is 24.0 Å². The van der Waals surface area contributed by atoms with E-state index in [2.05, 4.69) is 20.4 Å². The number of benzene rings is 2. The zero-order chi connectivity index (χ0) is 19.8. The third-order valence-electron chi connectivity index (χ3n) is 3.52. The highest BCUT2D eigenvalue weighted by atomic mass is 127. The van der Waals surface area contributed by atoms with E-state index in [1.807, 2.05) is 0 Å². The van der Waals surface area contributed by atoms with Crippen molar-refractivity contribution in [1.82, 2.24) is 10.6 Å². The van der Waals surface area contributed by atoms with Crippen LogP contribution in [0.3, 0.4) is 0 Å². The maximum absolute atomic E-state index is 12.5. The van der Waals surface area contributed by atoms with Crippen LogP contribution in [0.1, 0.15) is 11.1 Å². The lowest BCUT2D eigenvalue weighted by molar-refractivity contribution is -0.384. The van der Waals surface area contributed by atoms with E-state index in [9.17, 15) is 18.9 Å². The minimum absolute atomic E-state index is 0. The first-order chi connectivity index (χ1) is 12.9. The molecule has 0 saturated carbocycles. The molecule has 2 rings (SSSR count). The van der Waals surface area contributed by atoms with E-state index >= 15 is 0 Å². The second kappa shape index (κ2) is 11.6. The summed E-state index contributed by atoms with van der Waals surface area (Å²) in [6, 6.07) is 10.4. The summed E-state index contributed by atoms with van der Waals surface area (Å²) in [4.78, 5) is 14.2. The number of nitro benzene ring substituents is 1. The molecule has 0 fully saturated rings. The van der Waals surface area contributed by atoms with Crippen molar-refractivity contribution in [3.63, 3.8) is 0 Å². The summed E-state index contributed by atoms with van der Waals surface area (Å²) in [6.07, 6.45) is 0. The monoisotopic (exact) mass is 526 g/mol. The van der Waals surface area contributed by atoms with E-state index in [-0.39, 0.29) is 42.0 Å². The highest BCUT2D eigenvalue weighted by molar-refractivity contribution is 14.0. The molecular formula is C17H18ClF2IN4O3. The third kappa shape index (κ3) is 7.43. The lowest BCUT2D eigenvalue weighted by atomic mass is 10.2. The Morgan fingerprint density at radius 1 is 1.21 bits per heavy atom. The fraction of sp³-hybridized carbons (Fsp3) is 0.235. The fourth-order valence-electron chi connectivity index (χ4n) is 2.22. The molecule has 2 aromatic rings. The Kier molecular flexibility index (Phi) is 9.87. The lowest BCUT2D eigenvalue weighted by Gasteiger charge is -2.15. The van der Waals surface area contributed by atoms with Gasteiger partial charge in [-0.25, -0.2) is 0 Å². The van der Waals surface area contributed by atoms with Crippen molar-refractivity contribution < 1.29 is 18.4 Å². The van der Waals surface area contributed by atoms with E-state index in [0.717, 1.165) is 5.56 Å². The van der Waals surface area contributed by atoms with Gasteiger partial charge in [-0.05, 0) is 23.8 Å². The lowest BCUT2D eigenvalue weighted by Crippen LogP contribution is -2.36. The number of rotatable bonds is 7. The number of nitrogens with zero attached hydrogens (tertiary/aromatic N) is 2. The van der Waals surface area contributed by atoms with Crippen LogP contribution in [0.5, 0.6) is 5.75 Å². The Labute approximate surface area is 182 Å². The topological polar surface area (TPSA) is 88.8 Å². The van der Waals surface area contributed by atoms with Crippen LogP contribution in [-0.2, 0) is 13.1 Å². The second-order valence-electron chi connectivity index (χ2n) is 5.33. The molecule has 0 spiro atoms. The van der Waals surface area contributed by atoms with Crippen molar-refractivity contribution in [3.8, 4) is 5.75 Å². The van der Waals surface area contributed by atoms with Gasteiger partial charge in [0.1, 0.15) is 5.75 Å². The highest BCUT2D eigenvalue weighted by Crippen LogP contribution is 2.24. The van der Waals surface area contributed by atoms with Gasteiger partial charge in [0.05, 0.1) is 4.92 Å². The molecule has 0 aliphatic rings. The Bertz CT molecular complexity index is 823. The Balaban J connectivity index is 0.00000392. The molecule has 0 aliphatic heterocycles. The van der Waals surface area contributed by atoms with E-state index < -0.39 is 11.5 Å². The molecule has 7 nitrogen and oxygen atoms in total. The maximum atomic E-state index is 12.5. The van der Waals surface area contributed by atoms with Crippen molar-refractivity contribution in [1.29, 1.82) is 0 Å². The number of aliphatic imine (C=N–C) groups is 1. The number of halogens is 4. The van der Waals surface area contributed by atoms with E-state index in [4.69, 9.17) is 11.6 Å². The number of hydrogen-bond acceptors (Lipinski definition) is 4. The zero-order valence-corrected chi connectivity index (χ0v) is 17.8. The van der Waals surface area contributed by atoms with Gasteiger partial charge in [0.15, 0.2) is 5.96 Å². The second-order valence-corrected chi connectivity index (χ2v) is 5.77. The maximum Gasteiger partial charge on any atom is 0.387 e. The van der Waals surface area contributed by atoms with Crippen LogP contribution >= 0.6 is 35.6 Å². The molecule has 0 heterocycles.